The fourth-order valence-corrected chi connectivity index (χ4v) is 5.43. The molecular weight excluding hydrogens is 492 g/mol. The highest BCUT2D eigenvalue weighted by atomic mass is 16.6. The number of hydrogen-bond donors (Lipinski definition) is 2. The number of hydrogen-bond acceptors (Lipinski definition) is 5. The van der Waals surface area contributed by atoms with Crippen molar-refractivity contribution in [3.8, 4) is 5.75 Å². The van der Waals surface area contributed by atoms with Gasteiger partial charge in [0.05, 0.1) is 11.5 Å². The van der Waals surface area contributed by atoms with Crippen LogP contribution >= 0.6 is 0 Å². The van der Waals surface area contributed by atoms with Gasteiger partial charge in [-0.3, -0.25) is 9.69 Å². The highest BCUT2D eigenvalue weighted by Crippen LogP contribution is 2.31. The topological polar surface area (TPSA) is 88.1 Å². The molecule has 3 aromatic carbocycles. The van der Waals surface area contributed by atoms with Crippen LogP contribution in [0.1, 0.15) is 55.0 Å². The van der Waals surface area contributed by atoms with E-state index in [0.29, 0.717) is 18.3 Å². The van der Waals surface area contributed by atoms with Gasteiger partial charge in [-0.1, -0.05) is 66.7 Å². The maximum absolute atomic E-state index is 13.1. The number of carbonyl (C=O) groups excluding carboxylic acids is 1. The molecule has 0 saturated carbocycles. The average Bonchev–Trinajstić information content (AvgIpc) is 2.96. The van der Waals surface area contributed by atoms with Crippen LogP contribution in [-0.2, 0) is 21.6 Å². The maximum Gasteiger partial charge on any atom is 0.408 e. The van der Waals surface area contributed by atoms with Crippen LogP contribution in [0.3, 0.4) is 0 Å². The first-order valence-corrected chi connectivity index (χ1v) is 13.6. The van der Waals surface area contributed by atoms with E-state index in [1.807, 2.05) is 78.9 Å². The molecule has 3 saturated heterocycles. The number of alkyl carbamates (subject to hydrolysis) is 1. The normalized spacial score (nSPS) is 21.1. The lowest BCUT2D eigenvalue weighted by molar-refractivity contribution is -0.142. The summed E-state index contributed by atoms with van der Waals surface area (Å²) in [7, 11) is 0. The Bertz CT molecular complexity index is 1280. The number of carboxylic acid groups (broad SMARTS) is 1. The summed E-state index contributed by atoms with van der Waals surface area (Å²) in [5.74, 6) is 0.255. The third kappa shape index (κ3) is 6.25. The average molecular weight is 529 g/mol. The molecule has 7 heteroatoms. The molecule has 1 amide bonds. The van der Waals surface area contributed by atoms with Crippen LogP contribution in [0, 0.1) is 5.92 Å². The highest BCUT2D eigenvalue weighted by molar-refractivity contribution is 5.80. The Morgan fingerprint density at radius 1 is 0.974 bits per heavy atom. The summed E-state index contributed by atoms with van der Waals surface area (Å²) < 4.78 is 12.0. The largest absolute Gasteiger partial charge is 0.489 e. The smallest absolute Gasteiger partial charge is 0.408 e. The fourth-order valence-electron chi connectivity index (χ4n) is 5.43. The summed E-state index contributed by atoms with van der Waals surface area (Å²) in [6, 6.07) is 24.6. The molecule has 0 aromatic heterocycles. The van der Waals surface area contributed by atoms with Crippen molar-refractivity contribution in [1.82, 2.24) is 10.2 Å². The molecule has 7 nitrogen and oxygen atoms in total. The van der Waals surface area contributed by atoms with E-state index in [1.54, 1.807) is 13.8 Å². The van der Waals surface area contributed by atoms with Gasteiger partial charge in [0.2, 0.25) is 0 Å². The maximum atomic E-state index is 13.1. The Kier molecular flexibility index (Phi) is 7.89. The predicted octanol–water partition coefficient (Wildman–Crippen LogP) is 5.54. The monoisotopic (exact) mass is 528 g/mol. The highest BCUT2D eigenvalue weighted by Gasteiger charge is 2.37. The summed E-state index contributed by atoms with van der Waals surface area (Å²) in [6.07, 6.45) is 1.70. The number of amides is 1. The molecule has 3 aliphatic heterocycles. The van der Waals surface area contributed by atoms with E-state index in [2.05, 4.69) is 10.2 Å². The molecule has 0 spiro atoms. The zero-order valence-electron chi connectivity index (χ0n) is 22.5. The van der Waals surface area contributed by atoms with E-state index in [4.69, 9.17) is 9.47 Å². The first kappa shape index (κ1) is 26.8. The summed E-state index contributed by atoms with van der Waals surface area (Å²) in [5.41, 5.74) is 2.56. The molecule has 2 atom stereocenters. The van der Waals surface area contributed by atoms with Crippen LogP contribution in [-0.4, -0.2) is 47.8 Å². The van der Waals surface area contributed by atoms with Crippen molar-refractivity contribution < 1.29 is 24.2 Å². The van der Waals surface area contributed by atoms with E-state index in [1.165, 1.54) is 0 Å². The Morgan fingerprint density at radius 2 is 1.67 bits per heavy atom. The van der Waals surface area contributed by atoms with Gasteiger partial charge >= 0.3 is 12.1 Å². The lowest BCUT2D eigenvalue weighted by Crippen LogP contribution is -2.52. The van der Waals surface area contributed by atoms with Crippen LogP contribution in [0.5, 0.6) is 5.75 Å². The molecule has 3 aromatic rings. The molecule has 3 aliphatic rings. The second-order valence-corrected chi connectivity index (χ2v) is 11.1. The summed E-state index contributed by atoms with van der Waals surface area (Å²) in [4.78, 5) is 27.0. The van der Waals surface area contributed by atoms with Crippen molar-refractivity contribution in [2.24, 2.45) is 5.92 Å². The number of fused-ring (bicyclic) bond motifs is 3. The van der Waals surface area contributed by atoms with Crippen LogP contribution < -0.4 is 10.1 Å². The number of nitrogens with one attached hydrogen (secondary N) is 1. The quantitative estimate of drug-likeness (QED) is 0.379. The molecule has 39 heavy (non-hydrogen) atoms. The standard InChI is InChI=1S/C32H36N2O5/c1-32(2,30(35)36)26-13-11-22(12-14-26)21-38-27-10-6-9-25(19-27)29(24-7-4-3-5-8-24)33-31(37)39-28-20-34-17-15-23(28)16-18-34/h3-14,19,23,28-29H,15-18,20-21H2,1-2H3,(H,33,37)(H,35,36)/t28-,29?/m0/s1. The van der Waals surface area contributed by atoms with Crippen molar-refractivity contribution >= 4 is 12.1 Å². The minimum absolute atomic E-state index is 0.0638. The molecule has 2 N–H and O–H groups in total. The molecular formula is C32H36N2O5. The molecule has 1 unspecified atom stereocenters. The Labute approximate surface area is 229 Å². The van der Waals surface area contributed by atoms with Crippen LogP contribution in [0.15, 0.2) is 78.9 Å². The lowest BCUT2D eigenvalue weighted by atomic mass is 9.84. The summed E-state index contributed by atoms with van der Waals surface area (Å²) >= 11 is 0. The third-order valence-corrected chi connectivity index (χ3v) is 8.06. The second-order valence-electron chi connectivity index (χ2n) is 11.1. The first-order chi connectivity index (χ1) is 18.8. The van der Waals surface area contributed by atoms with Gasteiger partial charge in [0, 0.05) is 6.54 Å². The minimum Gasteiger partial charge on any atom is -0.489 e. The zero-order valence-corrected chi connectivity index (χ0v) is 22.5. The number of benzene rings is 3. The van der Waals surface area contributed by atoms with E-state index in [9.17, 15) is 14.7 Å². The Balaban J connectivity index is 1.27. The van der Waals surface area contributed by atoms with Gasteiger partial charge in [-0.2, -0.15) is 0 Å². The van der Waals surface area contributed by atoms with Crippen molar-refractivity contribution in [2.75, 3.05) is 19.6 Å². The van der Waals surface area contributed by atoms with Crippen molar-refractivity contribution in [3.63, 3.8) is 0 Å². The zero-order chi connectivity index (χ0) is 27.4. The van der Waals surface area contributed by atoms with Crippen LogP contribution in [0.4, 0.5) is 4.79 Å². The number of ether oxygens (including phenoxy) is 2. The summed E-state index contributed by atoms with van der Waals surface area (Å²) in [5, 5.41) is 12.6. The van der Waals surface area contributed by atoms with E-state index in [-0.39, 0.29) is 12.1 Å². The van der Waals surface area contributed by atoms with Gasteiger partial charge in [-0.05, 0) is 80.1 Å². The number of piperidine rings is 3. The first-order valence-electron chi connectivity index (χ1n) is 13.6. The number of nitrogens with zero attached hydrogens (tertiary/aromatic N) is 1. The number of carboxylic acids is 1. The van der Waals surface area contributed by atoms with E-state index < -0.39 is 17.5 Å². The second kappa shape index (κ2) is 11.5. The lowest BCUT2D eigenvalue weighted by Gasteiger charge is -2.43. The number of rotatable bonds is 9. The van der Waals surface area contributed by atoms with Crippen LogP contribution in [0.25, 0.3) is 0 Å². The van der Waals surface area contributed by atoms with Crippen molar-refractivity contribution in [2.45, 2.75) is 50.9 Å². The fraction of sp³-hybridized carbons (Fsp3) is 0.375. The van der Waals surface area contributed by atoms with Gasteiger partial charge in [-0.25, -0.2) is 4.79 Å². The minimum atomic E-state index is -0.956. The molecule has 0 radical (unpaired) electrons. The van der Waals surface area contributed by atoms with Gasteiger partial charge in [0.15, 0.2) is 0 Å². The molecule has 2 bridgehead atoms. The molecule has 0 aliphatic carbocycles. The molecule has 3 fully saturated rings. The number of carbonyl (C=O) groups is 2. The molecule has 3 heterocycles. The van der Waals surface area contributed by atoms with Crippen molar-refractivity contribution in [1.29, 1.82) is 0 Å². The Hall–Kier alpha value is -3.84. The summed E-state index contributed by atoms with van der Waals surface area (Å²) in [6.45, 7) is 6.72. The predicted molar refractivity (Wildman–Crippen MR) is 149 cm³/mol. The van der Waals surface area contributed by atoms with Gasteiger partial charge < -0.3 is 19.9 Å². The van der Waals surface area contributed by atoms with Gasteiger partial charge in [0.25, 0.3) is 0 Å². The Morgan fingerprint density at radius 3 is 2.31 bits per heavy atom. The number of aliphatic carboxylic acids is 1. The van der Waals surface area contributed by atoms with Gasteiger partial charge in [-0.15, -0.1) is 0 Å². The molecule has 6 rings (SSSR count). The van der Waals surface area contributed by atoms with Crippen molar-refractivity contribution in [3.05, 3.63) is 101 Å². The van der Waals surface area contributed by atoms with Crippen LogP contribution in [0.2, 0.25) is 0 Å². The van der Waals surface area contributed by atoms with E-state index >= 15 is 0 Å². The third-order valence-electron chi connectivity index (χ3n) is 8.06. The molecule has 204 valence electrons. The van der Waals surface area contributed by atoms with Gasteiger partial charge in [0.1, 0.15) is 18.5 Å². The van der Waals surface area contributed by atoms with E-state index in [0.717, 1.165) is 54.7 Å². The SMILES string of the molecule is CC(C)(C(=O)O)c1ccc(COc2cccc(C(NC(=O)O[C@H]3CN4CCC3CC4)c3ccccc3)c2)cc1.